The van der Waals surface area contributed by atoms with Gasteiger partial charge in [0.05, 0.1) is 6.20 Å². The van der Waals surface area contributed by atoms with Crippen LogP contribution in [-0.4, -0.2) is 31.9 Å². The average molecular weight is 571 g/mol. The first-order valence-electron chi connectivity index (χ1n) is 12.7. The Kier molecular flexibility index (Phi) is 7.91. The van der Waals surface area contributed by atoms with Crippen molar-refractivity contribution in [1.29, 1.82) is 0 Å². The number of carboxylic acids is 1. The molecule has 0 aliphatic heterocycles. The number of rotatable bonds is 8. The van der Waals surface area contributed by atoms with E-state index in [0.29, 0.717) is 22.5 Å². The van der Waals surface area contributed by atoms with Gasteiger partial charge in [0, 0.05) is 31.1 Å². The summed E-state index contributed by atoms with van der Waals surface area (Å²) < 4.78 is 42.2. The summed E-state index contributed by atoms with van der Waals surface area (Å²) >= 11 is 0. The summed E-state index contributed by atoms with van der Waals surface area (Å²) in [6, 6.07) is 19.5. The van der Waals surface area contributed by atoms with Crippen LogP contribution in [0.25, 0.3) is 22.3 Å². The van der Waals surface area contributed by atoms with Gasteiger partial charge >= 0.3 is 12.1 Å². The number of aryl methyl sites for hydroxylation is 1. The van der Waals surface area contributed by atoms with E-state index >= 15 is 0 Å². The number of carbonyl (C=O) groups is 2. The Hall–Kier alpha value is -5.58. The van der Waals surface area contributed by atoms with Crippen LogP contribution < -0.4 is 10.1 Å². The molecule has 0 radical (unpaired) electrons. The molecule has 1 amide bonds. The molecule has 2 aromatic heterocycles. The Balaban J connectivity index is 1.34. The molecule has 0 saturated carbocycles. The molecule has 11 heteroatoms. The number of benzene rings is 3. The summed E-state index contributed by atoms with van der Waals surface area (Å²) in [5.41, 5.74) is 2.56. The first-order valence-corrected chi connectivity index (χ1v) is 12.7. The molecule has 0 fully saturated rings. The molecule has 0 saturated heterocycles. The van der Waals surface area contributed by atoms with E-state index in [-0.39, 0.29) is 16.9 Å². The first kappa shape index (κ1) is 28.0. The predicted molar refractivity (Wildman–Crippen MR) is 150 cm³/mol. The van der Waals surface area contributed by atoms with Gasteiger partial charge < -0.3 is 14.6 Å². The molecule has 42 heavy (non-hydrogen) atoms. The zero-order valence-corrected chi connectivity index (χ0v) is 22.4. The van der Waals surface area contributed by atoms with Gasteiger partial charge in [-0.25, -0.2) is 18.4 Å². The number of carbonyl (C=O) groups excluding carboxylic acids is 1. The highest BCUT2D eigenvalue weighted by Gasteiger charge is 2.20. The third-order valence-corrected chi connectivity index (χ3v) is 6.46. The molecule has 5 aromatic rings. The number of ether oxygens (including phenoxy) is 2. The van der Waals surface area contributed by atoms with Gasteiger partial charge in [-0.05, 0) is 41.3 Å². The third-order valence-electron chi connectivity index (χ3n) is 6.46. The van der Waals surface area contributed by atoms with E-state index in [2.05, 4.69) is 15.4 Å². The molecule has 0 bridgehead atoms. The van der Waals surface area contributed by atoms with Gasteiger partial charge in [-0.1, -0.05) is 54.6 Å². The number of aromatic nitrogens is 3. The lowest BCUT2D eigenvalue weighted by atomic mass is 10.0. The number of pyridine rings is 1. The lowest BCUT2D eigenvalue weighted by Gasteiger charge is -2.15. The van der Waals surface area contributed by atoms with E-state index in [1.54, 1.807) is 44.4 Å². The monoisotopic (exact) mass is 570 g/mol. The summed E-state index contributed by atoms with van der Waals surface area (Å²) in [6.45, 7) is 1.77. The zero-order chi connectivity index (χ0) is 29.8. The van der Waals surface area contributed by atoms with Gasteiger partial charge in [-0.2, -0.15) is 5.10 Å². The minimum absolute atomic E-state index is 0.236. The molecule has 212 valence electrons. The first-order chi connectivity index (χ1) is 20.2. The van der Waals surface area contributed by atoms with Crippen molar-refractivity contribution in [3.05, 3.63) is 114 Å². The van der Waals surface area contributed by atoms with Gasteiger partial charge in [-0.15, -0.1) is 0 Å². The quantitative estimate of drug-likeness (QED) is 0.202. The van der Waals surface area contributed by atoms with Crippen LogP contribution in [-0.2, 0) is 11.8 Å². The number of aromatic carboxylic acids is 1. The molecular formula is C31H24F2N4O5. The Morgan fingerprint density at radius 1 is 0.929 bits per heavy atom. The van der Waals surface area contributed by atoms with E-state index < -0.39 is 35.6 Å². The lowest BCUT2D eigenvalue weighted by molar-refractivity contribution is 0.0693. The highest BCUT2D eigenvalue weighted by Crippen LogP contribution is 2.35. The summed E-state index contributed by atoms with van der Waals surface area (Å²) in [5.74, 6) is -3.94. The van der Waals surface area contributed by atoms with Crippen LogP contribution in [0.5, 0.6) is 11.5 Å². The van der Waals surface area contributed by atoms with Crippen molar-refractivity contribution in [2.24, 2.45) is 7.05 Å². The number of halogens is 2. The van der Waals surface area contributed by atoms with Crippen LogP contribution in [0.15, 0.2) is 91.4 Å². The minimum atomic E-state index is -1.35. The molecule has 3 aromatic carbocycles. The maximum Gasteiger partial charge on any atom is 0.413 e. The van der Waals surface area contributed by atoms with Crippen LogP contribution in [0, 0.1) is 11.6 Å². The average Bonchev–Trinajstić information content (AvgIpc) is 3.34. The van der Waals surface area contributed by atoms with Crippen molar-refractivity contribution < 1.29 is 33.0 Å². The summed E-state index contributed by atoms with van der Waals surface area (Å²) in [5, 5.41) is 16.3. The molecule has 1 unspecified atom stereocenters. The van der Waals surface area contributed by atoms with Crippen molar-refractivity contribution in [2.75, 3.05) is 5.32 Å². The summed E-state index contributed by atoms with van der Waals surface area (Å²) in [6.07, 6.45) is 2.75. The van der Waals surface area contributed by atoms with Crippen LogP contribution >= 0.6 is 0 Å². The molecule has 1 atom stereocenters. The Bertz CT molecular complexity index is 1730. The fourth-order valence-electron chi connectivity index (χ4n) is 4.28. The Morgan fingerprint density at radius 3 is 2.26 bits per heavy atom. The maximum absolute atomic E-state index is 14.9. The van der Waals surface area contributed by atoms with Gasteiger partial charge in [0.1, 0.15) is 23.2 Å². The number of nitrogens with one attached hydrogen (secondary N) is 1. The predicted octanol–water partition coefficient (Wildman–Crippen LogP) is 7.23. The van der Waals surface area contributed by atoms with Crippen molar-refractivity contribution in [1.82, 2.24) is 14.8 Å². The molecule has 2 N–H and O–H groups in total. The molecule has 2 heterocycles. The smallest absolute Gasteiger partial charge is 0.413 e. The molecule has 9 nitrogen and oxygen atoms in total. The molecule has 0 aliphatic carbocycles. The van der Waals surface area contributed by atoms with Gasteiger partial charge in [-0.3, -0.25) is 15.0 Å². The zero-order valence-electron chi connectivity index (χ0n) is 22.4. The number of carboxylic acid groups (broad SMARTS) is 1. The Morgan fingerprint density at radius 2 is 1.60 bits per heavy atom. The highest BCUT2D eigenvalue weighted by atomic mass is 19.1. The van der Waals surface area contributed by atoms with E-state index in [1.165, 1.54) is 16.9 Å². The normalized spacial score (nSPS) is 11.5. The van der Waals surface area contributed by atoms with Crippen molar-refractivity contribution in [3.63, 3.8) is 0 Å². The fourth-order valence-corrected chi connectivity index (χ4v) is 4.28. The van der Waals surface area contributed by atoms with Crippen LogP contribution in [0.4, 0.5) is 19.4 Å². The lowest BCUT2D eigenvalue weighted by Crippen LogP contribution is -2.18. The molecule has 0 aliphatic rings. The van der Waals surface area contributed by atoms with Gasteiger partial charge in [0.25, 0.3) is 0 Å². The highest BCUT2D eigenvalue weighted by molar-refractivity contribution is 5.91. The van der Waals surface area contributed by atoms with Crippen molar-refractivity contribution >= 4 is 17.9 Å². The van der Waals surface area contributed by atoms with Crippen LogP contribution in [0.3, 0.4) is 0 Å². The number of anilines is 1. The van der Waals surface area contributed by atoms with Crippen molar-refractivity contribution in [3.8, 4) is 33.8 Å². The molecule has 5 rings (SSSR count). The number of nitrogens with zero attached hydrogens (tertiary/aromatic N) is 3. The number of hydrogen-bond acceptors (Lipinski definition) is 6. The standard InChI is InChI=1S/C31H24F2N4O5/c1-18(19-6-4-3-5-7-19)41-31(40)36-29-23(17-35-37(29)2)21-10-8-20(9-11-21)22-14-25(32)28(26(33)15-22)42-27-12-13-34-16-24(27)30(38)39/h3-18H,1-2H3,(H,36,40)(H,38,39). The van der Waals surface area contributed by atoms with Crippen LogP contribution in [0.2, 0.25) is 0 Å². The number of amides is 1. The van der Waals surface area contributed by atoms with E-state index in [1.807, 2.05) is 30.3 Å². The van der Waals surface area contributed by atoms with Gasteiger partial charge in [0.15, 0.2) is 17.4 Å². The van der Waals surface area contributed by atoms with Gasteiger partial charge in [0.2, 0.25) is 0 Å². The van der Waals surface area contributed by atoms with E-state index in [4.69, 9.17) is 9.47 Å². The second-order valence-electron chi connectivity index (χ2n) is 9.24. The van der Waals surface area contributed by atoms with E-state index in [9.17, 15) is 23.5 Å². The topological polar surface area (TPSA) is 116 Å². The maximum atomic E-state index is 14.9. The largest absolute Gasteiger partial charge is 0.477 e. The molecular weight excluding hydrogens is 546 g/mol. The third kappa shape index (κ3) is 5.94. The fraction of sp³-hybridized carbons (Fsp3) is 0.0968. The summed E-state index contributed by atoms with van der Waals surface area (Å²) in [7, 11) is 1.68. The summed E-state index contributed by atoms with van der Waals surface area (Å²) in [4.78, 5) is 27.7. The molecule has 0 spiro atoms. The van der Waals surface area contributed by atoms with Crippen molar-refractivity contribution in [2.45, 2.75) is 13.0 Å². The second-order valence-corrected chi connectivity index (χ2v) is 9.24. The van der Waals surface area contributed by atoms with E-state index in [0.717, 1.165) is 23.9 Å². The Labute approximate surface area is 239 Å². The SMILES string of the molecule is CC(OC(=O)Nc1c(-c2ccc(-c3cc(F)c(Oc4ccncc4C(=O)O)c(F)c3)cc2)cnn1C)c1ccccc1. The van der Waals surface area contributed by atoms with Crippen LogP contribution in [0.1, 0.15) is 28.9 Å². The number of hydrogen-bond donors (Lipinski definition) is 2. The minimum Gasteiger partial charge on any atom is -0.477 e. The second kappa shape index (κ2) is 11.9.